The third-order valence-electron chi connectivity index (χ3n) is 5.47. The van der Waals surface area contributed by atoms with E-state index in [9.17, 15) is 0 Å². The van der Waals surface area contributed by atoms with Crippen LogP contribution < -0.4 is 5.32 Å². The average Bonchev–Trinajstić information content (AvgIpc) is 2.63. The lowest BCUT2D eigenvalue weighted by molar-refractivity contribution is 0.00989. The molecule has 0 bridgehead atoms. The zero-order valence-electron chi connectivity index (χ0n) is 16.6. The molecule has 0 amide bonds. The largest absolute Gasteiger partial charge is 0.385 e. The molecule has 1 aliphatic carbocycles. The molecule has 1 heterocycles. The number of aliphatic imine (C=N–C) groups is 1. The van der Waals surface area contributed by atoms with Crippen molar-refractivity contribution in [2.75, 3.05) is 46.5 Å². The van der Waals surface area contributed by atoms with Gasteiger partial charge in [0.05, 0.1) is 6.10 Å². The number of guanidine groups is 1. The Hall–Kier alpha value is -0.810. The first-order valence-corrected chi connectivity index (χ1v) is 10.4. The molecule has 0 aromatic rings. The highest BCUT2D eigenvalue weighted by Crippen LogP contribution is 2.28. The Labute approximate surface area is 154 Å². The van der Waals surface area contributed by atoms with Gasteiger partial charge < -0.3 is 19.7 Å². The number of nitrogens with one attached hydrogen (secondary N) is 1. The summed E-state index contributed by atoms with van der Waals surface area (Å²) >= 11 is 0. The Bertz CT molecular complexity index is 381. The van der Waals surface area contributed by atoms with Crippen LogP contribution >= 0.6 is 0 Å². The zero-order chi connectivity index (χ0) is 17.9. The number of ether oxygens (including phenoxy) is 2. The average molecular weight is 354 g/mol. The summed E-state index contributed by atoms with van der Waals surface area (Å²) in [5, 5.41) is 3.50. The van der Waals surface area contributed by atoms with Gasteiger partial charge in [-0.3, -0.25) is 4.99 Å². The lowest BCUT2D eigenvalue weighted by atomic mass is 9.82. The predicted molar refractivity (Wildman–Crippen MR) is 104 cm³/mol. The van der Waals surface area contributed by atoms with E-state index in [1.165, 1.54) is 25.7 Å². The molecule has 0 aromatic heterocycles. The molecule has 5 heteroatoms. The summed E-state index contributed by atoms with van der Waals surface area (Å²) in [4.78, 5) is 7.40. The lowest BCUT2D eigenvalue weighted by Gasteiger charge is -2.34. The lowest BCUT2D eigenvalue weighted by Crippen LogP contribution is -2.47. The van der Waals surface area contributed by atoms with Crippen LogP contribution in [0.5, 0.6) is 0 Å². The molecule has 0 radical (unpaired) electrons. The minimum Gasteiger partial charge on any atom is -0.385 e. The van der Waals surface area contributed by atoms with Gasteiger partial charge in [0.2, 0.25) is 0 Å². The van der Waals surface area contributed by atoms with Crippen LogP contribution in [-0.4, -0.2) is 63.5 Å². The molecule has 1 aliphatic heterocycles. The number of rotatable bonds is 8. The maximum Gasteiger partial charge on any atom is 0.193 e. The summed E-state index contributed by atoms with van der Waals surface area (Å²) in [5.74, 6) is 2.76. The van der Waals surface area contributed by atoms with Crippen molar-refractivity contribution in [3.63, 3.8) is 0 Å². The summed E-state index contributed by atoms with van der Waals surface area (Å²) in [5.41, 5.74) is 0. The van der Waals surface area contributed by atoms with E-state index in [4.69, 9.17) is 14.5 Å². The Morgan fingerprint density at radius 3 is 2.64 bits per heavy atom. The molecule has 2 aliphatic rings. The van der Waals surface area contributed by atoms with E-state index in [1.807, 2.05) is 0 Å². The number of nitrogens with zero attached hydrogens (tertiary/aromatic N) is 2. The summed E-state index contributed by atoms with van der Waals surface area (Å²) < 4.78 is 11.1. The van der Waals surface area contributed by atoms with Crippen LogP contribution in [0.1, 0.15) is 58.8 Å². The molecule has 2 unspecified atom stereocenters. The van der Waals surface area contributed by atoms with Crippen LogP contribution in [0.3, 0.4) is 0 Å². The molecule has 0 aromatic carbocycles. The molecule has 25 heavy (non-hydrogen) atoms. The molecule has 1 saturated carbocycles. The van der Waals surface area contributed by atoms with Gasteiger partial charge in [-0.15, -0.1) is 0 Å². The molecule has 1 N–H and O–H groups in total. The monoisotopic (exact) mass is 353 g/mol. The number of piperidine rings is 1. The van der Waals surface area contributed by atoms with Gasteiger partial charge in [0.25, 0.3) is 0 Å². The maximum absolute atomic E-state index is 5.97. The van der Waals surface area contributed by atoms with Gasteiger partial charge >= 0.3 is 0 Å². The Morgan fingerprint density at radius 1 is 1.16 bits per heavy atom. The summed E-state index contributed by atoms with van der Waals surface area (Å²) in [7, 11) is 1.74. The van der Waals surface area contributed by atoms with Crippen LogP contribution in [-0.2, 0) is 9.47 Å². The molecule has 146 valence electrons. The van der Waals surface area contributed by atoms with Crippen molar-refractivity contribution in [1.29, 1.82) is 0 Å². The van der Waals surface area contributed by atoms with Crippen molar-refractivity contribution in [2.45, 2.75) is 64.9 Å². The van der Waals surface area contributed by atoms with Gasteiger partial charge in [-0.25, -0.2) is 0 Å². The van der Waals surface area contributed by atoms with E-state index in [1.54, 1.807) is 7.11 Å². The third kappa shape index (κ3) is 7.53. The minimum absolute atomic E-state index is 0.398. The fourth-order valence-corrected chi connectivity index (χ4v) is 4.05. The van der Waals surface area contributed by atoms with E-state index < -0.39 is 0 Å². The van der Waals surface area contributed by atoms with E-state index >= 15 is 0 Å². The van der Waals surface area contributed by atoms with Crippen LogP contribution in [0.25, 0.3) is 0 Å². The molecule has 2 fully saturated rings. The highest BCUT2D eigenvalue weighted by atomic mass is 16.5. The first-order valence-electron chi connectivity index (χ1n) is 10.4. The highest BCUT2D eigenvalue weighted by molar-refractivity contribution is 5.80. The summed E-state index contributed by atoms with van der Waals surface area (Å²) in [6.07, 6.45) is 9.05. The Balaban J connectivity index is 1.75. The molecular formula is C20H39N3O2. The second-order valence-corrected chi connectivity index (χ2v) is 7.74. The highest BCUT2D eigenvalue weighted by Gasteiger charge is 2.23. The first-order chi connectivity index (χ1) is 12.2. The SMILES string of the molecule is CCNC(=NCC1CCCC(C)C1)N1CCC(OCCCOC)CC1. The molecule has 2 atom stereocenters. The van der Waals surface area contributed by atoms with Crippen molar-refractivity contribution < 1.29 is 9.47 Å². The van der Waals surface area contributed by atoms with Gasteiger partial charge in [0.15, 0.2) is 5.96 Å². The van der Waals surface area contributed by atoms with Crippen LogP contribution in [0, 0.1) is 11.8 Å². The summed E-state index contributed by atoms with van der Waals surface area (Å²) in [6, 6.07) is 0. The van der Waals surface area contributed by atoms with E-state index in [0.717, 1.165) is 76.5 Å². The first kappa shape index (κ1) is 20.5. The van der Waals surface area contributed by atoms with Gasteiger partial charge in [-0.1, -0.05) is 19.8 Å². The third-order valence-corrected chi connectivity index (χ3v) is 5.47. The second-order valence-electron chi connectivity index (χ2n) is 7.74. The van der Waals surface area contributed by atoms with Crippen molar-refractivity contribution >= 4 is 5.96 Å². The zero-order valence-corrected chi connectivity index (χ0v) is 16.6. The van der Waals surface area contributed by atoms with Crippen molar-refractivity contribution in [3.8, 4) is 0 Å². The van der Waals surface area contributed by atoms with Crippen molar-refractivity contribution in [1.82, 2.24) is 10.2 Å². The molecular weight excluding hydrogens is 314 g/mol. The number of hydrogen-bond acceptors (Lipinski definition) is 3. The standard InChI is InChI=1S/C20H39N3O2/c1-4-21-20(22-16-18-8-5-7-17(2)15-18)23-11-9-19(10-12-23)25-14-6-13-24-3/h17-19H,4-16H2,1-3H3,(H,21,22). The van der Waals surface area contributed by atoms with Crippen LogP contribution in [0.15, 0.2) is 4.99 Å². The Morgan fingerprint density at radius 2 is 1.96 bits per heavy atom. The van der Waals surface area contributed by atoms with Gasteiger partial charge in [0, 0.05) is 46.5 Å². The summed E-state index contributed by atoms with van der Waals surface area (Å²) in [6.45, 7) is 10.2. The maximum atomic E-state index is 5.97. The molecule has 2 rings (SSSR count). The minimum atomic E-state index is 0.398. The van der Waals surface area contributed by atoms with E-state index in [-0.39, 0.29) is 0 Å². The predicted octanol–water partition coefficient (Wildman–Crippen LogP) is 3.30. The van der Waals surface area contributed by atoms with E-state index in [2.05, 4.69) is 24.1 Å². The topological polar surface area (TPSA) is 46.1 Å². The van der Waals surface area contributed by atoms with Gasteiger partial charge in [0.1, 0.15) is 0 Å². The van der Waals surface area contributed by atoms with E-state index in [0.29, 0.717) is 6.10 Å². The van der Waals surface area contributed by atoms with Crippen molar-refractivity contribution in [2.24, 2.45) is 16.8 Å². The molecule has 0 spiro atoms. The normalized spacial score (nSPS) is 26.0. The molecule has 1 saturated heterocycles. The number of methoxy groups -OCH3 is 1. The van der Waals surface area contributed by atoms with Crippen molar-refractivity contribution in [3.05, 3.63) is 0 Å². The smallest absolute Gasteiger partial charge is 0.193 e. The van der Waals surface area contributed by atoms with Crippen LogP contribution in [0.2, 0.25) is 0 Å². The quantitative estimate of drug-likeness (QED) is 0.413. The van der Waals surface area contributed by atoms with Crippen LogP contribution in [0.4, 0.5) is 0 Å². The second kappa shape index (κ2) is 11.7. The Kier molecular flexibility index (Phi) is 9.63. The number of hydrogen-bond donors (Lipinski definition) is 1. The molecule has 5 nitrogen and oxygen atoms in total. The van der Waals surface area contributed by atoms with Gasteiger partial charge in [-0.2, -0.15) is 0 Å². The number of likely N-dealkylation sites (tertiary alicyclic amines) is 1. The van der Waals surface area contributed by atoms with Gasteiger partial charge in [-0.05, 0) is 50.9 Å². The fraction of sp³-hybridized carbons (Fsp3) is 0.950. The fourth-order valence-electron chi connectivity index (χ4n) is 4.05.